The Kier molecular flexibility index (Phi) is 3.33. The molecule has 0 aromatic carbocycles. The van der Waals surface area contributed by atoms with E-state index in [0.29, 0.717) is 12.1 Å². The molecule has 3 unspecified atom stereocenters. The number of piperidine rings is 1. The third-order valence-electron chi connectivity index (χ3n) is 4.03. The molecule has 2 aliphatic heterocycles. The maximum atomic E-state index is 6.00. The number of hydrogen-bond donors (Lipinski definition) is 1. The monoisotopic (exact) mass is 212 g/mol. The first-order valence-electron chi connectivity index (χ1n) is 6.22. The first kappa shape index (κ1) is 11.4. The molecule has 0 bridgehead atoms. The Labute approximate surface area is 93.0 Å². The fraction of sp³-hybridized carbons (Fsp3) is 1.00. The lowest BCUT2D eigenvalue weighted by Gasteiger charge is -2.49. The van der Waals surface area contributed by atoms with Crippen LogP contribution in [0.25, 0.3) is 0 Å². The van der Waals surface area contributed by atoms with Crippen molar-refractivity contribution >= 4 is 0 Å². The normalized spacial score (nSPS) is 44.2. The molecule has 2 heterocycles. The maximum absolute atomic E-state index is 6.00. The van der Waals surface area contributed by atoms with Crippen LogP contribution in [0.15, 0.2) is 0 Å². The van der Waals surface area contributed by atoms with E-state index < -0.39 is 0 Å². The summed E-state index contributed by atoms with van der Waals surface area (Å²) in [6.45, 7) is 7.63. The number of likely N-dealkylation sites (tertiary alicyclic amines) is 1. The highest BCUT2D eigenvalue weighted by Gasteiger charge is 2.38. The molecule has 0 radical (unpaired) electrons. The van der Waals surface area contributed by atoms with Crippen molar-refractivity contribution in [1.29, 1.82) is 0 Å². The van der Waals surface area contributed by atoms with Crippen molar-refractivity contribution in [2.75, 3.05) is 19.8 Å². The summed E-state index contributed by atoms with van der Waals surface area (Å²) in [5, 5.41) is 0. The van der Waals surface area contributed by atoms with Gasteiger partial charge in [0, 0.05) is 30.8 Å². The van der Waals surface area contributed by atoms with Gasteiger partial charge in [0.2, 0.25) is 0 Å². The standard InChI is InChI=1S/C12H24N2O/c1-10-8-11(13)4-6-14(10)12(2)5-3-7-15-9-12/h10-11H,3-9,13H2,1-2H3. The third kappa shape index (κ3) is 2.35. The van der Waals surface area contributed by atoms with E-state index in [4.69, 9.17) is 10.5 Å². The van der Waals surface area contributed by atoms with E-state index in [-0.39, 0.29) is 5.54 Å². The van der Waals surface area contributed by atoms with Crippen LogP contribution in [0.1, 0.15) is 39.5 Å². The molecule has 3 atom stereocenters. The van der Waals surface area contributed by atoms with Crippen LogP contribution in [-0.2, 0) is 4.74 Å². The summed E-state index contributed by atoms with van der Waals surface area (Å²) < 4.78 is 5.64. The lowest BCUT2D eigenvalue weighted by Crippen LogP contribution is -2.59. The van der Waals surface area contributed by atoms with Crippen molar-refractivity contribution in [3.8, 4) is 0 Å². The molecule has 88 valence electrons. The minimum atomic E-state index is 0.262. The van der Waals surface area contributed by atoms with Crippen molar-refractivity contribution < 1.29 is 4.74 Å². The zero-order valence-electron chi connectivity index (χ0n) is 10.0. The van der Waals surface area contributed by atoms with E-state index in [2.05, 4.69) is 18.7 Å². The molecule has 2 aliphatic rings. The molecule has 0 aromatic rings. The predicted octanol–water partition coefficient (Wildman–Crippen LogP) is 1.37. The lowest BCUT2D eigenvalue weighted by atomic mass is 9.87. The largest absolute Gasteiger partial charge is 0.380 e. The molecule has 0 spiro atoms. The molecule has 3 nitrogen and oxygen atoms in total. The minimum absolute atomic E-state index is 0.262. The number of rotatable bonds is 1. The topological polar surface area (TPSA) is 38.5 Å². The molecule has 2 fully saturated rings. The van der Waals surface area contributed by atoms with Gasteiger partial charge in [-0.05, 0) is 39.5 Å². The molecule has 0 amide bonds. The average Bonchev–Trinajstić information content (AvgIpc) is 2.18. The van der Waals surface area contributed by atoms with Crippen molar-refractivity contribution in [1.82, 2.24) is 4.90 Å². The van der Waals surface area contributed by atoms with Gasteiger partial charge in [-0.15, -0.1) is 0 Å². The molecule has 0 aromatic heterocycles. The summed E-state index contributed by atoms with van der Waals surface area (Å²) in [7, 11) is 0. The third-order valence-corrected chi connectivity index (χ3v) is 4.03. The lowest BCUT2D eigenvalue weighted by molar-refractivity contribution is -0.0669. The van der Waals surface area contributed by atoms with Crippen molar-refractivity contribution in [2.24, 2.45) is 5.73 Å². The summed E-state index contributed by atoms with van der Waals surface area (Å²) in [5.74, 6) is 0. The van der Waals surface area contributed by atoms with Gasteiger partial charge in [0.1, 0.15) is 0 Å². The van der Waals surface area contributed by atoms with Gasteiger partial charge in [0.15, 0.2) is 0 Å². The van der Waals surface area contributed by atoms with Crippen LogP contribution in [0.4, 0.5) is 0 Å². The summed E-state index contributed by atoms with van der Waals surface area (Å²) in [5.41, 5.74) is 6.26. The SMILES string of the molecule is CC1CC(N)CCN1C1(C)CCCOC1. The summed E-state index contributed by atoms with van der Waals surface area (Å²) in [6, 6.07) is 1.02. The zero-order valence-corrected chi connectivity index (χ0v) is 10.0. The minimum Gasteiger partial charge on any atom is -0.380 e. The van der Waals surface area contributed by atoms with Crippen LogP contribution in [-0.4, -0.2) is 42.3 Å². The molecular formula is C12H24N2O. The average molecular weight is 212 g/mol. The van der Waals surface area contributed by atoms with E-state index in [1.54, 1.807) is 0 Å². The Morgan fingerprint density at radius 2 is 2.27 bits per heavy atom. The van der Waals surface area contributed by atoms with Crippen LogP contribution < -0.4 is 5.73 Å². The van der Waals surface area contributed by atoms with E-state index in [1.165, 1.54) is 12.8 Å². The van der Waals surface area contributed by atoms with Crippen molar-refractivity contribution in [3.63, 3.8) is 0 Å². The fourth-order valence-corrected chi connectivity index (χ4v) is 3.16. The molecule has 2 rings (SSSR count). The predicted molar refractivity (Wildman–Crippen MR) is 61.8 cm³/mol. The van der Waals surface area contributed by atoms with Crippen LogP contribution in [0.3, 0.4) is 0 Å². The van der Waals surface area contributed by atoms with Gasteiger partial charge in [0.25, 0.3) is 0 Å². The van der Waals surface area contributed by atoms with Crippen LogP contribution in [0, 0.1) is 0 Å². The van der Waals surface area contributed by atoms with E-state index in [0.717, 1.165) is 32.6 Å². The van der Waals surface area contributed by atoms with Gasteiger partial charge in [-0.2, -0.15) is 0 Å². The summed E-state index contributed by atoms with van der Waals surface area (Å²) in [6.07, 6.45) is 4.74. The van der Waals surface area contributed by atoms with Gasteiger partial charge in [-0.25, -0.2) is 0 Å². The Balaban J connectivity index is 2.01. The Morgan fingerprint density at radius 3 is 2.87 bits per heavy atom. The van der Waals surface area contributed by atoms with Gasteiger partial charge in [0.05, 0.1) is 6.61 Å². The van der Waals surface area contributed by atoms with Crippen molar-refractivity contribution in [3.05, 3.63) is 0 Å². The van der Waals surface area contributed by atoms with Gasteiger partial charge >= 0.3 is 0 Å². The van der Waals surface area contributed by atoms with Crippen LogP contribution in [0.5, 0.6) is 0 Å². The number of ether oxygens (including phenoxy) is 1. The molecule has 15 heavy (non-hydrogen) atoms. The molecule has 2 saturated heterocycles. The second-order valence-corrected chi connectivity index (χ2v) is 5.48. The van der Waals surface area contributed by atoms with Gasteiger partial charge in [-0.1, -0.05) is 0 Å². The molecular weight excluding hydrogens is 188 g/mol. The Morgan fingerprint density at radius 1 is 1.47 bits per heavy atom. The molecule has 3 heteroatoms. The Hall–Kier alpha value is -0.120. The smallest absolute Gasteiger partial charge is 0.0647 e. The van der Waals surface area contributed by atoms with Crippen LogP contribution in [0.2, 0.25) is 0 Å². The highest BCUT2D eigenvalue weighted by atomic mass is 16.5. The molecule has 2 N–H and O–H groups in total. The van der Waals surface area contributed by atoms with E-state index >= 15 is 0 Å². The van der Waals surface area contributed by atoms with E-state index in [9.17, 15) is 0 Å². The first-order valence-corrected chi connectivity index (χ1v) is 6.22. The molecule has 0 aliphatic carbocycles. The number of nitrogens with two attached hydrogens (primary N) is 1. The quantitative estimate of drug-likeness (QED) is 0.713. The summed E-state index contributed by atoms with van der Waals surface area (Å²) >= 11 is 0. The van der Waals surface area contributed by atoms with Gasteiger partial charge < -0.3 is 10.5 Å². The maximum Gasteiger partial charge on any atom is 0.0647 e. The second kappa shape index (κ2) is 4.40. The number of nitrogens with zero attached hydrogens (tertiary/aromatic N) is 1. The fourth-order valence-electron chi connectivity index (χ4n) is 3.16. The number of hydrogen-bond acceptors (Lipinski definition) is 3. The molecule has 0 saturated carbocycles. The first-order chi connectivity index (χ1) is 7.12. The van der Waals surface area contributed by atoms with Gasteiger partial charge in [-0.3, -0.25) is 4.90 Å². The summed E-state index contributed by atoms with van der Waals surface area (Å²) in [4.78, 5) is 2.62. The zero-order chi connectivity index (χ0) is 10.9. The van der Waals surface area contributed by atoms with Crippen LogP contribution >= 0.6 is 0 Å². The highest BCUT2D eigenvalue weighted by Crippen LogP contribution is 2.31. The second-order valence-electron chi connectivity index (χ2n) is 5.48. The Bertz CT molecular complexity index is 214. The van der Waals surface area contributed by atoms with Crippen molar-refractivity contribution in [2.45, 2.75) is 57.2 Å². The van der Waals surface area contributed by atoms with E-state index in [1.807, 2.05) is 0 Å². The highest BCUT2D eigenvalue weighted by molar-refractivity contribution is 4.94.